The van der Waals surface area contributed by atoms with E-state index in [1.54, 1.807) is 0 Å². The Kier molecular flexibility index (Phi) is 43.4. The fourth-order valence-corrected chi connectivity index (χ4v) is 10.3. The molecule has 0 heterocycles. The van der Waals surface area contributed by atoms with E-state index in [2.05, 4.69) is 13.8 Å². The Morgan fingerprint density at radius 3 is 0.957 bits per heavy atom. The van der Waals surface area contributed by atoms with Gasteiger partial charge in [-0.1, -0.05) is 258 Å². The van der Waals surface area contributed by atoms with Gasteiger partial charge in [0.15, 0.2) is 6.10 Å². The molecule has 1 aliphatic rings. The SMILES string of the molecule is CCCCCCCCCCCCCCCCCCCCCCCCC(=O)O[C@H](COC(=O)CCCCCCCCCCCCCCCCCCCC)COP(=O)(O)OC1C(O)C(O)C(O)[C@@H](O)C1O. The lowest BCUT2D eigenvalue weighted by Crippen LogP contribution is -2.64. The Morgan fingerprint density at radius 1 is 0.391 bits per heavy atom. The van der Waals surface area contributed by atoms with E-state index >= 15 is 0 Å². The summed E-state index contributed by atoms with van der Waals surface area (Å²) in [5.74, 6) is -1.08. The molecule has 8 atom stereocenters. The molecule has 410 valence electrons. The molecule has 1 fully saturated rings. The van der Waals surface area contributed by atoms with Crippen molar-refractivity contribution in [2.75, 3.05) is 13.2 Å². The van der Waals surface area contributed by atoms with Crippen molar-refractivity contribution >= 4 is 19.8 Å². The second-order valence-electron chi connectivity index (χ2n) is 20.5. The number of phosphoric ester groups is 1. The van der Waals surface area contributed by atoms with Gasteiger partial charge in [0.05, 0.1) is 6.61 Å². The number of carbonyl (C=O) groups is 2. The summed E-state index contributed by atoms with van der Waals surface area (Å²) in [7, 11) is -5.12. The first-order chi connectivity index (χ1) is 33.4. The molecule has 69 heavy (non-hydrogen) atoms. The van der Waals surface area contributed by atoms with Crippen molar-refractivity contribution in [2.45, 2.75) is 326 Å². The van der Waals surface area contributed by atoms with Crippen LogP contribution in [0.5, 0.6) is 0 Å². The van der Waals surface area contributed by atoms with Gasteiger partial charge in [-0.05, 0) is 12.8 Å². The summed E-state index contributed by atoms with van der Waals surface area (Å²) in [4.78, 5) is 35.9. The van der Waals surface area contributed by atoms with Crippen LogP contribution in [0, 0.1) is 0 Å². The molecule has 1 rings (SSSR count). The van der Waals surface area contributed by atoms with Crippen LogP contribution >= 0.6 is 7.82 Å². The molecular formula is C55H107O13P. The van der Waals surface area contributed by atoms with E-state index in [0.29, 0.717) is 12.8 Å². The second kappa shape index (κ2) is 45.5. The molecule has 0 saturated heterocycles. The molecule has 0 bridgehead atoms. The minimum Gasteiger partial charge on any atom is -0.462 e. The monoisotopic (exact) mass is 1010 g/mol. The maximum atomic E-state index is 12.9. The molecule has 1 aliphatic carbocycles. The van der Waals surface area contributed by atoms with E-state index in [4.69, 9.17) is 18.5 Å². The van der Waals surface area contributed by atoms with Crippen LogP contribution in [-0.4, -0.2) is 98.3 Å². The van der Waals surface area contributed by atoms with Gasteiger partial charge in [0.25, 0.3) is 0 Å². The summed E-state index contributed by atoms with van der Waals surface area (Å²) < 4.78 is 33.8. The van der Waals surface area contributed by atoms with E-state index in [1.165, 1.54) is 205 Å². The van der Waals surface area contributed by atoms with Gasteiger partial charge in [-0.25, -0.2) is 4.57 Å². The lowest BCUT2D eigenvalue weighted by atomic mass is 9.85. The summed E-state index contributed by atoms with van der Waals surface area (Å²) in [6.45, 7) is 3.38. The minimum absolute atomic E-state index is 0.106. The summed E-state index contributed by atoms with van der Waals surface area (Å²) in [5, 5.41) is 50.4. The van der Waals surface area contributed by atoms with Gasteiger partial charge in [-0.3, -0.25) is 18.6 Å². The fraction of sp³-hybridized carbons (Fsp3) is 0.964. The fourth-order valence-electron chi connectivity index (χ4n) is 9.35. The van der Waals surface area contributed by atoms with E-state index in [1.807, 2.05) is 0 Å². The van der Waals surface area contributed by atoms with Gasteiger partial charge >= 0.3 is 19.8 Å². The van der Waals surface area contributed by atoms with Gasteiger partial charge in [0.2, 0.25) is 0 Å². The van der Waals surface area contributed by atoms with Crippen molar-refractivity contribution in [1.29, 1.82) is 0 Å². The number of aliphatic hydroxyl groups is 5. The zero-order chi connectivity index (χ0) is 50.6. The van der Waals surface area contributed by atoms with Crippen molar-refractivity contribution < 1.29 is 63.1 Å². The van der Waals surface area contributed by atoms with Crippen LogP contribution in [0.2, 0.25) is 0 Å². The molecule has 0 radical (unpaired) electrons. The zero-order valence-corrected chi connectivity index (χ0v) is 45.0. The van der Waals surface area contributed by atoms with Gasteiger partial charge in [-0.2, -0.15) is 0 Å². The Morgan fingerprint density at radius 2 is 0.652 bits per heavy atom. The van der Waals surface area contributed by atoms with Crippen LogP contribution in [0.15, 0.2) is 0 Å². The Labute approximate surface area is 421 Å². The number of rotatable bonds is 50. The highest BCUT2D eigenvalue weighted by atomic mass is 31.2. The first kappa shape index (κ1) is 65.9. The van der Waals surface area contributed by atoms with Crippen molar-refractivity contribution in [3.05, 3.63) is 0 Å². The molecular weight excluding hydrogens is 900 g/mol. The number of hydrogen-bond donors (Lipinski definition) is 6. The average Bonchev–Trinajstić information content (AvgIpc) is 3.33. The number of unbranched alkanes of at least 4 members (excludes halogenated alkanes) is 38. The molecule has 0 aromatic carbocycles. The number of carbonyl (C=O) groups excluding carboxylic acids is 2. The predicted molar refractivity (Wildman–Crippen MR) is 277 cm³/mol. The second-order valence-corrected chi connectivity index (χ2v) is 21.9. The molecule has 0 aromatic heterocycles. The molecule has 0 aliphatic heterocycles. The highest BCUT2D eigenvalue weighted by Gasteiger charge is 2.51. The smallest absolute Gasteiger partial charge is 0.462 e. The molecule has 1 saturated carbocycles. The molecule has 14 heteroatoms. The van der Waals surface area contributed by atoms with Gasteiger partial charge in [0, 0.05) is 12.8 Å². The molecule has 6 N–H and O–H groups in total. The third-order valence-corrected chi connectivity index (χ3v) is 14.9. The molecule has 6 unspecified atom stereocenters. The van der Waals surface area contributed by atoms with Crippen LogP contribution in [0.3, 0.4) is 0 Å². The molecule has 13 nitrogen and oxygen atoms in total. The van der Waals surface area contributed by atoms with Crippen molar-refractivity contribution in [3.8, 4) is 0 Å². The third kappa shape index (κ3) is 37.3. The number of aliphatic hydroxyl groups excluding tert-OH is 5. The Bertz CT molecular complexity index is 1210. The van der Waals surface area contributed by atoms with E-state index in [0.717, 1.165) is 38.5 Å². The first-order valence-electron chi connectivity index (χ1n) is 28.8. The van der Waals surface area contributed by atoms with Crippen LogP contribution in [-0.2, 0) is 32.7 Å². The van der Waals surface area contributed by atoms with E-state index in [-0.39, 0.29) is 12.8 Å². The Hall–Kier alpha value is -1.15. The maximum absolute atomic E-state index is 12.9. The van der Waals surface area contributed by atoms with E-state index < -0.39 is 75.7 Å². The Balaban J connectivity index is 2.31. The highest BCUT2D eigenvalue weighted by molar-refractivity contribution is 7.47. The minimum atomic E-state index is -5.12. The topological polar surface area (TPSA) is 210 Å². The van der Waals surface area contributed by atoms with Crippen molar-refractivity contribution in [1.82, 2.24) is 0 Å². The van der Waals surface area contributed by atoms with Crippen LogP contribution in [0.4, 0.5) is 0 Å². The third-order valence-electron chi connectivity index (χ3n) is 13.9. The standard InChI is InChI=1S/C55H107O13P/c1-3-5-7-9-11-13-15-17-19-21-23-24-25-26-28-30-32-34-36-38-40-42-44-49(57)67-47(46-66-69(63,64)68-55-53(61)51(59)50(58)52(60)54(55)62)45-65-48(56)43-41-39-37-35-33-31-29-27-22-20-18-16-14-12-10-8-6-4-2/h47,50-55,58-62H,3-46H2,1-2H3,(H,63,64)/t47-,50?,51-,52?,53?,54?,55?/m1/s1. The highest BCUT2D eigenvalue weighted by Crippen LogP contribution is 2.47. The number of phosphoric acid groups is 1. The van der Waals surface area contributed by atoms with Crippen LogP contribution < -0.4 is 0 Å². The molecule has 0 amide bonds. The van der Waals surface area contributed by atoms with Crippen LogP contribution in [0.25, 0.3) is 0 Å². The number of ether oxygens (including phenoxy) is 2. The normalized spacial score (nSPS) is 20.8. The number of esters is 2. The van der Waals surface area contributed by atoms with Gasteiger partial charge < -0.3 is 39.9 Å². The van der Waals surface area contributed by atoms with Crippen molar-refractivity contribution in [2.24, 2.45) is 0 Å². The predicted octanol–water partition coefficient (Wildman–Crippen LogP) is 13.2. The van der Waals surface area contributed by atoms with E-state index in [9.17, 15) is 44.6 Å². The number of hydrogen-bond acceptors (Lipinski definition) is 12. The molecule has 0 spiro atoms. The lowest BCUT2D eigenvalue weighted by molar-refractivity contribution is -0.220. The summed E-state index contributed by atoms with van der Waals surface area (Å²) >= 11 is 0. The summed E-state index contributed by atoms with van der Waals surface area (Å²) in [6, 6.07) is 0. The largest absolute Gasteiger partial charge is 0.472 e. The van der Waals surface area contributed by atoms with Gasteiger partial charge in [0.1, 0.15) is 43.2 Å². The zero-order valence-electron chi connectivity index (χ0n) is 44.1. The first-order valence-corrected chi connectivity index (χ1v) is 30.3. The lowest BCUT2D eigenvalue weighted by Gasteiger charge is -2.41. The average molecular weight is 1010 g/mol. The quantitative estimate of drug-likeness (QED) is 0.0191. The van der Waals surface area contributed by atoms with Gasteiger partial charge in [-0.15, -0.1) is 0 Å². The summed E-state index contributed by atoms with van der Waals surface area (Å²) in [5.41, 5.74) is 0. The maximum Gasteiger partial charge on any atom is 0.472 e. The van der Waals surface area contributed by atoms with Crippen molar-refractivity contribution in [3.63, 3.8) is 0 Å². The summed E-state index contributed by atoms with van der Waals surface area (Å²) in [6.07, 6.45) is 37.2. The van der Waals surface area contributed by atoms with Crippen LogP contribution in [0.1, 0.15) is 284 Å². The molecule has 0 aromatic rings.